The molecule has 0 saturated heterocycles. The van der Waals surface area contributed by atoms with Crippen molar-refractivity contribution in [3.8, 4) is 0 Å². The van der Waals surface area contributed by atoms with Crippen molar-refractivity contribution in [3.05, 3.63) is 58.8 Å². The van der Waals surface area contributed by atoms with Gasteiger partial charge in [-0.1, -0.05) is 18.2 Å². The Balaban J connectivity index is 1.75. The summed E-state index contributed by atoms with van der Waals surface area (Å²) in [5.74, 6) is -0.0349. The lowest BCUT2D eigenvalue weighted by atomic mass is 10.1. The maximum atomic E-state index is 12.0. The van der Waals surface area contributed by atoms with Gasteiger partial charge in [0.15, 0.2) is 0 Å². The number of H-pyrrole nitrogens is 1. The smallest absolute Gasteiger partial charge is 0.272 e. The van der Waals surface area contributed by atoms with E-state index in [4.69, 9.17) is 0 Å². The molecular weight excluding hydrogens is 284 g/mol. The second kappa shape index (κ2) is 6.00. The van der Waals surface area contributed by atoms with Crippen molar-refractivity contribution < 1.29 is 4.79 Å². The van der Waals surface area contributed by atoms with Crippen molar-refractivity contribution >= 4 is 22.6 Å². The highest BCUT2D eigenvalue weighted by Crippen LogP contribution is 2.12. The predicted octanol–water partition coefficient (Wildman–Crippen LogP) is 0.399. The van der Waals surface area contributed by atoms with Crippen LogP contribution >= 0.6 is 0 Å². The van der Waals surface area contributed by atoms with Crippen molar-refractivity contribution in [3.63, 3.8) is 0 Å². The molecule has 22 heavy (non-hydrogen) atoms. The van der Waals surface area contributed by atoms with Gasteiger partial charge in [-0.05, 0) is 12.1 Å². The van der Waals surface area contributed by atoms with Gasteiger partial charge in [0.1, 0.15) is 0 Å². The standard InChI is InChI=1S/C14H12N6O2/c21-12(18-20-14-15-6-3-7-16-14)8-11-9-4-1-2-5-10(9)13(22)19-17-11/h1-7H,8H2,(H,18,21)(H,19,22)(H,15,16,20). The lowest BCUT2D eigenvalue weighted by Gasteiger charge is -2.07. The number of hydrogen-bond donors (Lipinski definition) is 3. The molecule has 3 rings (SSSR count). The summed E-state index contributed by atoms with van der Waals surface area (Å²) in [5.41, 5.74) is 5.29. The Morgan fingerprint density at radius 1 is 1.09 bits per heavy atom. The molecule has 0 bridgehead atoms. The first-order valence-electron chi connectivity index (χ1n) is 6.52. The van der Waals surface area contributed by atoms with Crippen LogP contribution < -0.4 is 16.4 Å². The molecule has 0 unspecified atom stereocenters. The molecule has 0 saturated carbocycles. The highest BCUT2D eigenvalue weighted by Gasteiger charge is 2.10. The summed E-state index contributed by atoms with van der Waals surface area (Å²) in [6, 6.07) is 8.67. The van der Waals surface area contributed by atoms with E-state index >= 15 is 0 Å². The van der Waals surface area contributed by atoms with Gasteiger partial charge in [0, 0.05) is 17.8 Å². The molecule has 0 aliphatic carbocycles. The molecule has 3 aromatic rings. The van der Waals surface area contributed by atoms with E-state index in [1.165, 1.54) is 0 Å². The van der Waals surface area contributed by atoms with Crippen LogP contribution in [0.2, 0.25) is 0 Å². The summed E-state index contributed by atoms with van der Waals surface area (Å²) in [7, 11) is 0. The van der Waals surface area contributed by atoms with E-state index in [0.29, 0.717) is 16.5 Å². The van der Waals surface area contributed by atoms with Gasteiger partial charge in [-0.2, -0.15) is 5.10 Å². The molecule has 1 amide bonds. The maximum absolute atomic E-state index is 12.0. The minimum atomic E-state index is -0.322. The fraction of sp³-hybridized carbons (Fsp3) is 0.0714. The van der Waals surface area contributed by atoms with E-state index in [0.717, 1.165) is 0 Å². The third-order valence-electron chi connectivity index (χ3n) is 2.98. The number of carbonyl (C=O) groups excluding carboxylic acids is 1. The Morgan fingerprint density at radius 3 is 2.59 bits per heavy atom. The monoisotopic (exact) mass is 296 g/mol. The first-order valence-corrected chi connectivity index (χ1v) is 6.52. The number of benzene rings is 1. The normalized spacial score (nSPS) is 10.4. The summed E-state index contributed by atoms with van der Waals surface area (Å²) in [6.07, 6.45) is 3.12. The van der Waals surface area contributed by atoms with E-state index in [1.807, 2.05) is 0 Å². The van der Waals surface area contributed by atoms with Crippen LogP contribution in [0.3, 0.4) is 0 Å². The molecule has 2 heterocycles. The summed E-state index contributed by atoms with van der Waals surface area (Å²) < 4.78 is 0. The number of nitrogens with one attached hydrogen (secondary N) is 3. The molecule has 0 aliphatic rings. The number of amides is 1. The summed E-state index contributed by atoms with van der Waals surface area (Å²) >= 11 is 0. The van der Waals surface area contributed by atoms with Crippen molar-refractivity contribution in [1.82, 2.24) is 25.6 Å². The van der Waals surface area contributed by atoms with Gasteiger partial charge in [0.25, 0.3) is 5.56 Å². The molecule has 1 aromatic carbocycles. The largest absolute Gasteiger partial charge is 0.273 e. The Kier molecular flexibility index (Phi) is 3.73. The summed E-state index contributed by atoms with van der Waals surface area (Å²) in [5, 5.41) is 7.49. The lowest BCUT2D eigenvalue weighted by molar-refractivity contribution is -0.120. The number of fused-ring (bicyclic) bond motifs is 1. The second-order valence-corrected chi connectivity index (χ2v) is 4.47. The molecular formula is C14H12N6O2. The zero-order chi connectivity index (χ0) is 15.4. The first-order chi connectivity index (χ1) is 10.7. The van der Waals surface area contributed by atoms with Gasteiger partial charge in [-0.3, -0.25) is 20.4 Å². The molecule has 0 fully saturated rings. The fourth-order valence-corrected chi connectivity index (χ4v) is 1.99. The predicted molar refractivity (Wildman–Crippen MR) is 79.9 cm³/mol. The maximum Gasteiger partial charge on any atom is 0.272 e. The van der Waals surface area contributed by atoms with Crippen LogP contribution in [0.25, 0.3) is 10.8 Å². The van der Waals surface area contributed by atoms with E-state index in [2.05, 4.69) is 31.0 Å². The van der Waals surface area contributed by atoms with Gasteiger partial charge in [0.05, 0.1) is 17.5 Å². The Labute approximate surface area is 124 Å². The highest BCUT2D eigenvalue weighted by atomic mass is 16.2. The van der Waals surface area contributed by atoms with Crippen LogP contribution in [0, 0.1) is 0 Å². The fourth-order valence-electron chi connectivity index (χ4n) is 1.99. The third-order valence-corrected chi connectivity index (χ3v) is 2.98. The number of rotatable bonds is 4. The van der Waals surface area contributed by atoms with Gasteiger partial charge in [0.2, 0.25) is 11.9 Å². The van der Waals surface area contributed by atoms with Crippen LogP contribution in [0.4, 0.5) is 5.95 Å². The van der Waals surface area contributed by atoms with Crippen molar-refractivity contribution in [2.75, 3.05) is 5.43 Å². The molecule has 110 valence electrons. The average molecular weight is 296 g/mol. The zero-order valence-corrected chi connectivity index (χ0v) is 11.4. The molecule has 0 spiro atoms. The molecule has 2 aromatic heterocycles. The van der Waals surface area contributed by atoms with Gasteiger partial charge in [-0.25, -0.2) is 15.1 Å². The zero-order valence-electron chi connectivity index (χ0n) is 11.4. The number of hydrogen-bond acceptors (Lipinski definition) is 6. The lowest BCUT2D eigenvalue weighted by Crippen LogP contribution is -2.32. The molecule has 3 N–H and O–H groups in total. The number of anilines is 1. The van der Waals surface area contributed by atoms with E-state index in [9.17, 15) is 9.59 Å². The number of carbonyl (C=O) groups is 1. The van der Waals surface area contributed by atoms with Crippen LogP contribution in [0.1, 0.15) is 5.69 Å². The topological polar surface area (TPSA) is 113 Å². The Hall–Kier alpha value is -3.29. The quantitative estimate of drug-likeness (QED) is 0.601. The van der Waals surface area contributed by atoms with E-state index in [-0.39, 0.29) is 23.8 Å². The van der Waals surface area contributed by atoms with E-state index < -0.39 is 0 Å². The van der Waals surface area contributed by atoms with E-state index in [1.54, 1.807) is 42.7 Å². The van der Waals surface area contributed by atoms with Crippen LogP contribution in [-0.2, 0) is 11.2 Å². The Bertz CT molecular complexity index is 862. The number of aromatic nitrogens is 4. The molecule has 0 aliphatic heterocycles. The van der Waals surface area contributed by atoms with Gasteiger partial charge < -0.3 is 0 Å². The van der Waals surface area contributed by atoms with Gasteiger partial charge in [-0.15, -0.1) is 0 Å². The van der Waals surface area contributed by atoms with Crippen molar-refractivity contribution in [1.29, 1.82) is 0 Å². The molecule has 8 heteroatoms. The average Bonchev–Trinajstić information content (AvgIpc) is 2.57. The molecule has 0 atom stereocenters. The molecule has 0 radical (unpaired) electrons. The van der Waals surface area contributed by atoms with Crippen LogP contribution in [0.5, 0.6) is 0 Å². The first kappa shape index (κ1) is 13.7. The number of nitrogens with zero attached hydrogens (tertiary/aromatic N) is 3. The van der Waals surface area contributed by atoms with Crippen LogP contribution in [-0.4, -0.2) is 26.1 Å². The highest BCUT2D eigenvalue weighted by molar-refractivity contribution is 5.88. The third kappa shape index (κ3) is 2.90. The van der Waals surface area contributed by atoms with Crippen LogP contribution in [0.15, 0.2) is 47.5 Å². The summed E-state index contributed by atoms with van der Waals surface area (Å²) in [6.45, 7) is 0. The second-order valence-electron chi connectivity index (χ2n) is 4.47. The number of hydrazine groups is 1. The minimum Gasteiger partial charge on any atom is -0.273 e. The number of aromatic amines is 1. The molecule has 8 nitrogen and oxygen atoms in total. The summed E-state index contributed by atoms with van der Waals surface area (Å²) in [4.78, 5) is 31.5. The van der Waals surface area contributed by atoms with Crippen molar-refractivity contribution in [2.24, 2.45) is 0 Å². The SMILES string of the molecule is O=C(Cc1n[nH]c(=O)c2ccccc12)NNc1ncccn1. The van der Waals surface area contributed by atoms with Gasteiger partial charge >= 0.3 is 0 Å². The Morgan fingerprint density at radius 2 is 1.82 bits per heavy atom. The minimum absolute atomic E-state index is 0.0110. The van der Waals surface area contributed by atoms with Crippen molar-refractivity contribution in [2.45, 2.75) is 6.42 Å².